The van der Waals surface area contributed by atoms with E-state index in [-0.39, 0.29) is 0 Å². The van der Waals surface area contributed by atoms with E-state index >= 15 is 0 Å². The maximum Gasteiger partial charge on any atom is 0.142 e. The molecule has 0 amide bonds. The second-order valence-electron chi connectivity index (χ2n) is 8.23. The molecule has 0 bridgehead atoms. The summed E-state index contributed by atoms with van der Waals surface area (Å²) in [7, 11) is 1.87. The molecule has 0 saturated heterocycles. The molecule has 0 unspecified atom stereocenters. The van der Waals surface area contributed by atoms with Crippen LogP contribution in [0, 0.1) is 0 Å². The van der Waals surface area contributed by atoms with Crippen molar-refractivity contribution in [1.29, 1.82) is 0 Å². The Hall–Kier alpha value is -3.78. The van der Waals surface area contributed by atoms with E-state index in [1.807, 2.05) is 79.8 Å². The number of nitrogens with two attached hydrogens (primary N) is 4. The van der Waals surface area contributed by atoms with Gasteiger partial charge < -0.3 is 0 Å². The number of anilines is 1. The van der Waals surface area contributed by atoms with Crippen LogP contribution < -0.4 is 33.6 Å². The first kappa shape index (κ1) is 23.4. The first-order valence-corrected chi connectivity index (χ1v) is 11.0. The largest absolute Gasteiger partial charge is 0.298 e. The Labute approximate surface area is 200 Å². The van der Waals surface area contributed by atoms with Crippen molar-refractivity contribution in [3.8, 4) is 0 Å². The van der Waals surface area contributed by atoms with Gasteiger partial charge in [0.1, 0.15) is 5.79 Å². The van der Waals surface area contributed by atoms with Crippen molar-refractivity contribution in [3.05, 3.63) is 137 Å². The lowest BCUT2D eigenvalue weighted by Crippen LogP contribution is -2.54. The van der Waals surface area contributed by atoms with Crippen molar-refractivity contribution in [3.63, 3.8) is 0 Å². The molecule has 0 aliphatic carbocycles. The van der Waals surface area contributed by atoms with Crippen LogP contribution in [-0.4, -0.2) is 7.05 Å². The average Bonchev–Trinajstić information content (AvgIpc) is 2.87. The fourth-order valence-corrected chi connectivity index (χ4v) is 3.97. The highest BCUT2D eigenvalue weighted by molar-refractivity contribution is 6.04. The van der Waals surface area contributed by atoms with E-state index in [1.54, 1.807) is 5.01 Å². The third-order valence-corrected chi connectivity index (χ3v) is 5.79. The maximum atomic E-state index is 5.91. The highest BCUT2D eigenvalue weighted by atomic mass is 15.6. The lowest BCUT2D eigenvalue weighted by molar-refractivity contribution is 0.488. The molecule has 6 heteroatoms. The predicted octanol–water partition coefficient (Wildman–Crippen LogP) is 3.49. The zero-order valence-corrected chi connectivity index (χ0v) is 19.1. The highest BCUT2D eigenvalue weighted by Gasteiger charge is 2.19. The van der Waals surface area contributed by atoms with Gasteiger partial charge in [0, 0.05) is 12.6 Å². The Morgan fingerprint density at radius 3 is 1.35 bits per heavy atom. The molecule has 0 radical (unpaired) electrons. The van der Waals surface area contributed by atoms with Crippen LogP contribution >= 0.6 is 0 Å². The van der Waals surface area contributed by atoms with Crippen LogP contribution in [0.2, 0.25) is 0 Å². The van der Waals surface area contributed by atoms with E-state index in [2.05, 4.69) is 41.9 Å². The minimum absolute atomic E-state index is 0.659. The summed E-state index contributed by atoms with van der Waals surface area (Å²) in [6.07, 6.45) is 0. The molecule has 34 heavy (non-hydrogen) atoms. The molecule has 9 N–H and O–H groups in total. The fraction of sp³-hybridized carbons (Fsp3) is 0.0714. The first-order valence-electron chi connectivity index (χ1n) is 11.0. The summed E-state index contributed by atoms with van der Waals surface area (Å²) >= 11 is 0. The second-order valence-corrected chi connectivity index (χ2v) is 8.23. The quantitative estimate of drug-likeness (QED) is 0.127. The topological polar surface area (TPSA) is 119 Å². The van der Waals surface area contributed by atoms with E-state index < -0.39 is 5.79 Å². The number of nitrogens with one attached hydrogen (secondary N) is 1. The average molecular weight is 451 g/mol. The van der Waals surface area contributed by atoms with Crippen LogP contribution in [0.15, 0.2) is 109 Å². The van der Waals surface area contributed by atoms with E-state index in [0.29, 0.717) is 5.56 Å². The third kappa shape index (κ3) is 5.07. The summed E-state index contributed by atoms with van der Waals surface area (Å²) in [5.74, 6) is 4.18. The van der Waals surface area contributed by atoms with Crippen molar-refractivity contribution in [2.45, 2.75) is 5.79 Å². The number of hydrogen-bond donors (Lipinski definition) is 5. The van der Waals surface area contributed by atoms with Gasteiger partial charge in [-0.1, -0.05) is 97.1 Å². The van der Waals surface area contributed by atoms with Gasteiger partial charge in [0.25, 0.3) is 0 Å². The lowest BCUT2D eigenvalue weighted by Gasteiger charge is -2.22. The fourth-order valence-electron chi connectivity index (χ4n) is 3.97. The molecular weight excluding hydrogens is 420 g/mol. The molecule has 6 nitrogen and oxygen atoms in total. The molecule has 172 valence electrons. The molecular formula is C28H30N6. The number of rotatable bonds is 7. The van der Waals surface area contributed by atoms with Crippen LogP contribution in [-0.2, 0) is 5.79 Å². The molecule has 4 aromatic carbocycles. The zero-order valence-electron chi connectivity index (χ0n) is 19.1. The Balaban J connectivity index is 1.99. The van der Waals surface area contributed by atoms with Gasteiger partial charge in [0.15, 0.2) is 0 Å². The van der Waals surface area contributed by atoms with Gasteiger partial charge >= 0.3 is 0 Å². The molecule has 0 spiro atoms. The summed E-state index contributed by atoms with van der Waals surface area (Å²) in [6, 6.07) is 36.8. The second kappa shape index (κ2) is 10.0. The SMILES string of the molecule is CN(NN)c1ccc(/C(=C(\c2ccccc2)c2ccc(C(N)(N)N)cc2)c2ccccc2)cc1. The van der Waals surface area contributed by atoms with E-state index in [1.165, 1.54) is 0 Å². The Bertz CT molecular complexity index is 1240. The smallest absolute Gasteiger partial charge is 0.142 e. The van der Waals surface area contributed by atoms with Crippen LogP contribution in [0.3, 0.4) is 0 Å². The molecule has 4 rings (SSSR count). The minimum Gasteiger partial charge on any atom is -0.298 e. The van der Waals surface area contributed by atoms with Gasteiger partial charge in [-0.3, -0.25) is 28.1 Å². The molecule has 0 aliphatic heterocycles. The van der Waals surface area contributed by atoms with E-state index in [4.69, 9.17) is 23.0 Å². The maximum absolute atomic E-state index is 5.91. The predicted molar refractivity (Wildman–Crippen MR) is 141 cm³/mol. The van der Waals surface area contributed by atoms with Crippen LogP contribution in [0.25, 0.3) is 11.1 Å². The van der Waals surface area contributed by atoms with Crippen LogP contribution in [0.5, 0.6) is 0 Å². The van der Waals surface area contributed by atoms with Gasteiger partial charge in [-0.2, -0.15) is 5.53 Å². The van der Waals surface area contributed by atoms with E-state index in [0.717, 1.165) is 39.1 Å². The number of hydrazine groups is 2. The summed E-state index contributed by atoms with van der Waals surface area (Å²) < 4.78 is 0. The third-order valence-electron chi connectivity index (χ3n) is 5.79. The van der Waals surface area contributed by atoms with Crippen molar-refractivity contribution in [2.24, 2.45) is 23.0 Å². The summed E-state index contributed by atoms with van der Waals surface area (Å²) in [6.45, 7) is 0. The normalized spacial score (nSPS) is 12.3. The Morgan fingerprint density at radius 2 is 0.971 bits per heavy atom. The highest BCUT2D eigenvalue weighted by Crippen LogP contribution is 2.37. The first-order chi connectivity index (χ1) is 16.4. The molecule has 0 saturated carbocycles. The van der Waals surface area contributed by atoms with Gasteiger partial charge in [0.05, 0.1) is 5.69 Å². The van der Waals surface area contributed by atoms with Gasteiger partial charge in [-0.25, -0.2) is 0 Å². The summed E-state index contributed by atoms with van der Waals surface area (Å²) in [5.41, 5.74) is 28.5. The van der Waals surface area contributed by atoms with Crippen LogP contribution in [0.1, 0.15) is 27.8 Å². The van der Waals surface area contributed by atoms with Gasteiger partial charge in [-0.15, -0.1) is 0 Å². The van der Waals surface area contributed by atoms with Crippen molar-refractivity contribution in [1.82, 2.24) is 5.53 Å². The van der Waals surface area contributed by atoms with Crippen molar-refractivity contribution < 1.29 is 0 Å². The van der Waals surface area contributed by atoms with Gasteiger partial charge in [0.2, 0.25) is 0 Å². The number of benzene rings is 4. The molecule has 0 atom stereocenters. The Kier molecular flexibility index (Phi) is 6.88. The monoisotopic (exact) mass is 450 g/mol. The lowest BCUT2D eigenvalue weighted by atomic mass is 9.85. The standard InChI is InChI=1S/C28H30N6/c1-34(33-32)25-18-14-23(15-19-25)27(21-10-6-3-7-11-21)26(20-8-4-2-5-9-20)22-12-16-24(17-13-22)28(29,30)31/h2-19,33H,29-32H2,1H3/b27-26+. The van der Waals surface area contributed by atoms with Crippen molar-refractivity contribution in [2.75, 3.05) is 12.1 Å². The molecule has 0 aromatic heterocycles. The molecule has 0 heterocycles. The molecule has 0 fully saturated rings. The summed E-state index contributed by atoms with van der Waals surface area (Å²) in [4.78, 5) is 0. The zero-order chi connectivity index (χ0) is 24.1. The number of hydrogen-bond acceptors (Lipinski definition) is 6. The minimum atomic E-state index is -1.39. The van der Waals surface area contributed by atoms with Crippen molar-refractivity contribution >= 4 is 16.8 Å². The molecule has 4 aromatic rings. The van der Waals surface area contributed by atoms with E-state index in [9.17, 15) is 0 Å². The number of nitrogens with zero attached hydrogens (tertiary/aromatic N) is 1. The Morgan fingerprint density at radius 1 is 0.588 bits per heavy atom. The van der Waals surface area contributed by atoms with Gasteiger partial charge in [-0.05, 0) is 45.5 Å². The molecule has 0 aliphatic rings. The summed E-state index contributed by atoms with van der Waals surface area (Å²) in [5, 5.41) is 1.76. The van der Waals surface area contributed by atoms with Crippen LogP contribution in [0.4, 0.5) is 5.69 Å².